The fourth-order valence-corrected chi connectivity index (χ4v) is 3.80. The average Bonchev–Trinajstić information content (AvgIpc) is 2.96. The molecule has 0 aliphatic carbocycles. The number of benzene rings is 1. The summed E-state index contributed by atoms with van der Waals surface area (Å²) < 4.78 is 9.86. The maximum atomic E-state index is 12.7. The fraction of sp³-hybridized carbons (Fsp3) is 0.500. The van der Waals surface area contributed by atoms with Crippen LogP contribution >= 0.6 is 0 Å². The van der Waals surface area contributed by atoms with Gasteiger partial charge in [0.05, 0.1) is 31.4 Å². The van der Waals surface area contributed by atoms with E-state index >= 15 is 0 Å². The van der Waals surface area contributed by atoms with Crippen LogP contribution in [0.4, 0.5) is 4.79 Å². The third kappa shape index (κ3) is 4.40. The second-order valence-electron chi connectivity index (χ2n) is 7.00. The van der Waals surface area contributed by atoms with Crippen LogP contribution in [0.15, 0.2) is 24.3 Å². The Morgan fingerprint density at radius 2 is 1.86 bits per heavy atom. The van der Waals surface area contributed by atoms with Crippen LogP contribution < -0.4 is 5.32 Å². The van der Waals surface area contributed by atoms with Crippen LogP contribution in [0.1, 0.15) is 40.5 Å². The summed E-state index contributed by atoms with van der Waals surface area (Å²) in [7, 11) is 1.27. The average molecular weight is 403 g/mol. The Kier molecular flexibility index (Phi) is 6.48. The first-order valence-electron chi connectivity index (χ1n) is 9.66. The van der Waals surface area contributed by atoms with Crippen molar-refractivity contribution in [2.45, 2.75) is 31.8 Å². The number of carbonyl (C=O) groups is 4. The van der Waals surface area contributed by atoms with Gasteiger partial charge in [-0.25, -0.2) is 4.79 Å². The zero-order valence-corrected chi connectivity index (χ0v) is 16.6. The molecule has 0 aromatic heterocycles. The quantitative estimate of drug-likeness (QED) is 0.559. The van der Waals surface area contributed by atoms with E-state index < -0.39 is 29.9 Å². The molecule has 2 heterocycles. The van der Waals surface area contributed by atoms with Gasteiger partial charge in [0.1, 0.15) is 6.04 Å². The predicted molar refractivity (Wildman–Crippen MR) is 102 cm³/mol. The number of rotatable bonds is 6. The van der Waals surface area contributed by atoms with E-state index in [-0.39, 0.29) is 19.2 Å². The number of alkyl carbamates (subject to hydrolysis) is 1. The number of fused-ring (bicyclic) bond motifs is 1. The Bertz CT molecular complexity index is 776. The van der Waals surface area contributed by atoms with E-state index in [1.54, 1.807) is 31.2 Å². The lowest BCUT2D eigenvalue weighted by Crippen LogP contribution is -2.57. The number of carbonyl (C=O) groups excluding carboxylic acids is 4. The molecule has 9 heteroatoms. The van der Waals surface area contributed by atoms with Crippen LogP contribution in [0.2, 0.25) is 0 Å². The molecule has 0 bridgehead atoms. The summed E-state index contributed by atoms with van der Waals surface area (Å²) in [5.74, 6) is -1.37. The van der Waals surface area contributed by atoms with E-state index in [1.807, 2.05) is 4.90 Å². The predicted octanol–water partition coefficient (Wildman–Crippen LogP) is 1.03. The minimum Gasteiger partial charge on any atom is -0.468 e. The van der Waals surface area contributed by atoms with E-state index in [4.69, 9.17) is 9.47 Å². The van der Waals surface area contributed by atoms with Gasteiger partial charge in [-0.3, -0.25) is 24.2 Å². The first-order chi connectivity index (χ1) is 14.0. The van der Waals surface area contributed by atoms with E-state index in [1.165, 1.54) is 7.11 Å². The summed E-state index contributed by atoms with van der Waals surface area (Å²) in [6.45, 7) is 2.87. The van der Waals surface area contributed by atoms with Gasteiger partial charge < -0.3 is 14.8 Å². The van der Waals surface area contributed by atoms with E-state index in [2.05, 4.69) is 5.32 Å². The van der Waals surface area contributed by atoms with Crippen molar-refractivity contribution in [1.29, 1.82) is 0 Å². The largest absolute Gasteiger partial charge is 0.468 e. The number of imide groups is 1. The van der Waals surface area contributed by atoms with Gasteiger partial charge in [-0.15, -0.1) is 0 Å². The lowest BCUT2D eigenvalue weighted by atomic mass is 10.0. The molecule has 29 heavy (non-hydrogen) atoms. The summed E-state index contributed by atoms with van der Waals surface area (Å²) in [4.78, 5) is 52.5. The third-order valence-corrected chi connectivity index (χ3v) is 5.20. The molecule has 2 atom stereocenters. The van der Waals surface area contributed by atoms with Crippen molar-refractivity contribution >= 4 is 23.9 Å². The van der Waals surface area contributed by atoms with Crippen LogP contribution in [0.3, 0.4) is 0 Å². The van der Waals surface area contributed by atoms with Crippen molar-refractivity contribution < 1.29 is 28.7 Å². The minimum atomic E-state index is -0.811. The van der Waals surface area contributed by atoms with Crippen molar-refractivity contribution in [3.8, 4) is 0 Å². The van der Waals surface area contributed by atoms with Gasteiger partial charge in [0.2, 0.25) is 0 Å². The molecule has 2 unspecified atom stereocenters. The minimum absolute atomic E-state index is 0.106. The second-order valence-corrected chi connectivity index (χ2v) is 7.00. The summed E-state index contributed by atoms with van der Waals surface area (Å²) in [6.07, 6.45) is 0.984. The van der Waals surface area contributed by atoms with E-state index in [0.717, 1.165) is 17.7 Å². The fourth-order valence-electron chi connectivity index (χ4n) is 3.80. The number of esters is 1. The van der Waals surface area contributed by atoms with Gasteiger partial charge in [0.25, 0.3) is 11.8 Å². The molecule has 2 aliphatic heterocycles. The zero-order valence-electron chi connectivity index (χ0n) is 16.6. The number of hydrogen-bond donors (Lipinski definition) is 1. The Balaban J connectivity index is 1.74. The Morgan fingerprint density at radius 3 is 2.45 bits per heavy atom. The smallest absolute Gasteiger partial charge is 0.407 e. The van der Waals surface area contributed by atoms with Crippen LogP contribution in [0.5, 0.6) is 0 Å². The summed E-state index contributed by atoms with van der Waals surface area (Å²) in [6, 6.07) is 5.58. The van der Waals surface area contributed by atoms with Gasteiger partial charge in [-0.05, 0) is 38.4 Å². The van der Waals surface area contributed by atoms with Crippen molar-refractivity contribution in [2.75, 3.05) is 33.4 Å². The lowest BCUT2D eigenvalue weighted by molar-refractivity contribution is -0.147. The number of methoxy groups -OCH3 is 1. The molecule has 0 saturated carbocycles. The summed E-state index contributed by atoms with van der Waals surface area (Å²) in [5.41, 5.74) is 0.670. The number of nitrogens with zero attached hydrogens (tertiary/aromatic N) is 2. The Morgan fingerprint density at radius 1 is 1.21 bits per heavy atom. The molecule has 3 rings (SSSR count). The number of likely N-dealkylation sites (tertiary alicyclic amines) is 1. The normalized spacial score (nSPS) is 20.2. The zero-order chi connectivity index (χ0) is 21.0. The molecule has 0 radical (unpaired) electrons. The Hall–Kier alpha value is -2.94. The molecule has 1 aromatic carbocycles. The standard InChI is InChI=1S/C20H25N3O6/c1-3-29-20(27)21-13-7-6-10-22(11-13)16(19(26)28-2)12-23-17(24)14-8-4-5-9-15(14)18(23)25/h4-5,8-9,13,16H,3,6-7,10-12H2,1-2H3,(H,21,27). The number of piperidine rings is 1. The van der Waals surface area contributed by atoms with Crippen molar-refractivity contribution in [2.24, 2.45) is 0 Å². The maximum absolute atomic E-state index is 12.7. The van der Waals surface area contributed by atoms with E-state index in [0.29, 0.717) is 24.2 Å². The first-order valence-corrected chi connectivity index (χ1v) is 9.66. The van der Waals surface area contributed by atoms with Crippen LogP contribution in [0.25, 0.3) is 0 Å². The van der Waals surface area contributed by atoms with Gasteiger partial charge in [-0.2, -0.15) is 0 Å². The highest BCUT2D eigenvalue weighted by Gasteiger charge is 2.40. The topological polar surface area (TPSA) is 105 Å². The molecule has 0 spiro atoms. The molecule has 1 aromatic rings. The molecule has 1 N–H and O–H groups in total. The maximum Gasteiger partial charge on any atom is 0.407 e. The van der Waals surface area contributed by atoms with Crippen molar-refractivity contribution in [3.63, 3.8) is 0 Å². The summed E-state index contributed by atoms with van der Waals surface area (Å²) in [5, 5.41) is 2.78. The second kappa shape index (κ2) is 9.04. The van der Waals surface area contributed by atoms with Gasteiger partial charge in [0, 0.05) is 12.6 Å². The van der Waals surface area contributed by atoms with Gasteiger partial charge >= 0.3 is 12.1 Å². The van der Waals surface area contributed by atoms with Crippen molar-refractivity contribution in [1.82, 2.24) is 15.1 Å². The van der Waals surface area contributed by atoms with Gasteiger partial charge in [-0.1, -0.05) is 12.1 Å². The van der Waals surface area contributed by atoms with Crippen LogP contribution in [-0.4, -0.2) is 79.1 Å². The monoisotopic (exact) mass is 403 g/mol. The van der Waals surface area contributed by atoms with Crippen LogP contribution in [-0.2, 0) is 14.3 Å². The molecule has 9 nitrogen and oxygen atoms in total. The van der Waals surface area contributed by atoms with Crippen LogP contribution in [0, 0.1) is 0 Å². The molecule has 2 aliphatic rings. The lowest BCUT2D eigenvalue weighted by Gasteiger charge is -2.37. The number of hydrogen-bond acceptors (Lipinski definition) is 7. The number of nitrogens with one attached hydrogen (secondary N) is 1. The number of ether oxygens (including phenoxy) is 2. The third-order valence-electron chi connectivity index (χ3n) is 5.20. The summed E-state index contributed by atoms with van der Waals surface area (Å²) >= 11 is 0. The SMILES string of the molecule is CCOC(=O)NC1CCCN(C(CN2C(=O)c3ccccc3C2=O)C(=O)OC)C1. The highest BCUT2D eigenvalue weighted by atomic mass is 16.5. The molecule has 1 fully saturated rings. The number of amides is 3. The highest BCUT2D eigenvalue weighted by Crippen LogP contribution is 2.24. The molecular formula is C20H25N3O6. The molecule has 156 valence electrons. The molecule has 3 amide bonds. The molecule has 1 saturated heterocycles. The van der Waals surface area contributed by atoms with Crippen molar-refractivity contribution in [3.05, 3.63) is 35.4 Å². The molecular weight excluding hydrogens is 378 g/mol. The van der Waals surface area contributed by atoms with E-state index in [9.17, 15) is 19.2 Å². The van der Waals surface area contributed by atoms with Gasteiger partial charge in [0.15, 0.2) is 0 Å². The highest BCUT2D eigenvalue weighted by molar-refractivity contribution is 6.21. The Labute approximate surface area is 168 Å². The first kappa shape index (κ1) is 20.8.